The summed E-state index contributed by atoms with van der Waals surface area (Å²) >= 11 is 0. The molecule has 1 amide bonds. The van der Waals surface area contributed by atoms with Crippen LogP contribution in [0.1, 0.15) is 26.5 Å². The van der Waals surface area contributed by atoms with Gasteiger partial charge in [-0.3, -0.25) is 9.48 Å². The van der Waals surface area contributed by atoms with E-state index in [2.05, 4.69) is 20.8 Å². The van der Waals surface area contributed by atoms with Crippen molar-refractivity contribution in [3.8, 4) is 0 Å². The van der Waals surface area contributed by atoms with Crippen LogP contribution >= 0.6 is 0 Å². The number of carbonyl (C=O) groups excluding carboxylic acids is 1. The van der Waals surface area contributed by atoms with Crippen LogP contribution in [0.5, 0.6) is 0 Å². The van der Waals surface area contributed by atoms with Crippen LogP contribution in [0.4, 0.5) is 10.5 Å². The molecule has 0 spiro atoms. The average Bonchev–Trinajstić information content (AvgIpc) is 2.90. The van der Waals surface area contributed by atoms with E-state index in [0.29, 0.717) is 25.3 Å². The number of rotatable bonds is 6. The van der Waals surface area contributed by atoms with Gasteiger partial charge in [0.05, 0.1) is 24.1 Å². The maximum atomic E-state index is 12.1. The topological polar surface area (TPSA) is 103 Å². The number of alkyl carbamates (subject to hydrolysis) is 1. The van der Waals surface area contributed by atoms with Gasteiger partial charge in [0.1, 0.15) is 5.60 Å². The van der Waals surface area contributed by atoms with Crippen molar-refractivity contribution in [2.75, 3.05) is 18.4 Å². The molecule has 0 radical (unpaired) electrons. The van der Waals surface area contributed by atoms with Gasteiger partial charge in [-0.05, 0) is 26.8 Å². The molecule has 0 aliphatic rings. The molecule has 0 saturated carbocycles. The van der Waals surface area contributed by atoms with E-state index >= 15 is 0 Å². The van der Waals surface area contributed by atoms with E-state index in [9.17, 15) is 9.59 Å². The van der Waals surface area contributed by atoms with Crippen LogP contribution in [0.15, 0.2) is 29.3 Å². The Morgan fingerprint density at radius 1 is 1.32 bits per heavy atom. The lowest BCUT2D eigenvalue weighted by Crippen LogP contribution is -2.35. The molecule has 9 nitrogen and oxygen atoms in total. The second-order valence-corrected chi connectivity index (χ2v) is 6.58. The molecular formula is C16H24N6O3. The van der Waals surface area contributed by atoms with Crippen molar-refractivity contribution in [3.05, 3.63) is 40.6 Å². The quantitative estimate of drug-likeness (QED) is 0.754. The monoisotopic (exact) mass is 348 g/mol. The number of hydrogen-bond acceptors (Lipinski definition) is 6. The minimum Gasteiger partial charge on any atom is -0.444 e. The Kier molecular flexibility index (Phi) is 5.79. The zero-order valence-corrected chi connectivity index (χ0v) is 14.9. The lowest BCUT2D eigenvalue weighted by molar-refractivity contribution is 0.0530. The van der Waals surface area contributed by atoms with E-state index in [4.69, 9.17) is 4.74 Å². The van der Waals surface area contributed by atoms with Crippen LogP contribution in [-0.4, -0.2) is 44.3 Å². The van der Waals surface area contributed by atoms with Gasteiger partial charge in [-0.15, -0.1) is 0 Å². The molecule has 136 valence electrons. The normalized spacial score (nSPS) is 11.2. The predicted octanol–water partition coefficient (Wildman–Crippen LogP) is 0.962. The first-order valence-electron chi connectivity index (χ1n) is 7.99. The van der Waals surface area contributed by atoms with Crippen LogP contribution in [0.2, 0.25) is 0 Å². The summed E-state index contributed by atoms with van der Waals surface area (Å²) in [4.78, 5) is 23.6. The number of nitrogens with zero attached hydrogens (tertiary/aromatic N) is 4. The first-order valence-corrected chi connectivity index (χ1v) is 7.99. The summed E-state index contributed by atoms with van der Waals surface area (Å²) in [6.07, 6.45) is 2.91. The molecular weight excluding hydrogens is 324 g/mol. The van der Waals surface area contributed by atoms with Crippen molar-refractivity contribution >= 4 is 11.8 Å². The first-order chi connectivity index (χ1) is 11.7. The fourth-order valence-corrected chi connectivity index (χ4v) is 2.04. The lowest BCUT2D eigenvalue weighted by Gasteiger charge is -2.19. The molecule has 0 atom stereocenters. The van der Waals surface area contributed by atoms with E-state index < -0.39 is 11.7 Å². The van der Waals surface area contributed by atoms with Crippen LogP contribution < -0.4 is 16.2 Å². The molecule has 0 bridgehead atoms. The minimum absolute atomic E-state index is 0.226. The minimum atomic E-state index is -0.528. The fraction of sp³-hybridized carbons (Fsp3) is 0.500. The maximum absolute atomic E-state index is 12.1. The van der Waals surface area contributed by atoms with Crippen LogP contribution in [-0.2, 0) is 18.3 Å². The van der Waals surface area contributed by atoms with Crippen molar-refractivity contribution in [2.24, 2.45) is 7.05 Å². The number of aryl methyl sites for hydroxylation is 1. The van der Waals surface area contributed by atoms with E-state index in [1.54, 1.807) is 31.6 Å². The molecule has 2 N–H and O–H groups in total. The number of aromatic nitrogens is 4. The molecule has 0 aliphatic heterocycles. The van der Waals surface area contributed by atoms with Gasteiger partial charge in [0.2, 0.25) is 0 Å². The highest BCUT2D eigenvalue weighted by atomic mass is 16.6. The number of ether oxygens (including phenoxy) is 1. The van der Waals surface area contributed by atoms with Crippen LogP contribution in [0.3, 0.4) is 0 Å². The highest BCUT2D eigenvalue weighted by molar-refractivity contribution is 5.67. The molecule has 2 aromatic heterocycles. The smallest absolute Gasteiger partial charge is 0.407 e. The van der Waals surface area contributed by atoms with Crippen molar-refractivity contribution in [3.63, 3.8) is 0 Å². The predicted molar refractivity (Wildman–Crippen MR) is 93.5 cm³/mol. The van der Waals surface area contributed by atoms with E-state index in [1.807, 2.05) is 19.3 Å². The van der Waals surface area contributed by atoms with Gasteiger partial charge in [-0.25, -0.2) is 9.48 Å². The van der Waals surface area contributed by atoms with Crippen molar-refractivity contribution in [2.45, 2.75) is 32.9 Å². The largest absolute Gasteiger partial charge is 0.444 e. The van der Waals surface area contributed by atoms with Gasteiger partial charge >= 0.3 is 6.09 Å². The average molecular weight is 348 g/mol. The summed E-state index contributed by atoms with van der Waals surface area (Å²) in [6.45, 7) is 6.54. The van der Waals surface area contributed by atoms with Gasteiger partial charge in [-0.1, -0.05) is 0 Å². The van der Waals surface area contributed by atoms with Gasteiger partial charge in [0.15, 0.2) is 0 Å². The third-order valence-corrected chi connectivity index (χ3v) is 3.07. The number of carbonyl (C=O) groups is 1. The summed E-state index contributed by atoms with van der Waals surface area (Å²) in [5.74, 6) is 0. The molecule has 2 heterocycles. The maximum Gasteiger partial charge on any atom is 0.407 e. The van der Waals surface area contributed by atoms with E-state index in [0.717, 1.165) is 5.69 Å². The molecule has 0 fully saturated rings. The second-order valence-electron chi connectivity index (χ2n) is 6.58. The highest BCUT2D eigenvalue weighted by Gasteiger charge is 2.15. The molecule has 25 heavy (non-hydrogen) atoms. The number of nitrogens with one attached hydrogen (secondary N) is 2. The lowest BCUT2D eigenvalue weighted by atomic mass is 10.2. The van der Waals surface area contributed by atoms with E-state index in [1.165, 1.54) is 10.7 Å². The Morgan fingerprint density at radius 2 is 2.08 bits per heavy atom. The molecule has 0 aliphatic carbocycles. The Hall–Kier alpha value is -2.84. The molecule has 0 aromatic carbocycles. The number of anilines is 1. The van der Waals surface area contributed by atoms with Gasteiger partial charge in [0.25, 0.3) is 5.56 Å². The molecule has 0 unspecified atom stereocenters. The number of hydrogen-bond donors (Lipinski definition) is 2. The Bertz CT molecular complexity index is 775. The van der Waals surface area contributed by atoms with Crippen LogP contribution in [0, 0.1) is 0 Å². The third kappa shape index (κ3) is 6.28. The standard InChI is InChI=1S/C16H24N6O3/c1-16(2,3)25-15(24)18-7-6-17-13-9-14(23)22(19-10-13)11-12-5-8-21(4)20-12/h5,8-10,17H,6-7,11H2,1-4H3,(H,18,24). The third-order valence-electron chi connectivity index (χ3n) is 3.07. The van der Waals surface area contributed by atoms with Crippen molar-refractivity contribution < 1.29 is 9.53 Å². The summed E-state index contributed by atoms with van der Waals surface area (Å²) in [5, 5.41) is 14.0. The molecule has 9 heteroatoms. The first kappa shape index (κ1) is 18.5. The Morgan fingerprint density at radius 3 is 2.68 bits per heavy atom. The van der Waals surface area contributed by atoms with Crippen molar-refractivity contribution in [1.29, 1.82) is 0 Å². The highest BCUT2D eigenvalue weighted by Crippen LogP contribution is 2.06. The summed E-state index contributed by atoms with van der Waals surface area (Å²) in [5.41, 5.74) is 0.600. The zero-order chi connectivity index (χ0) is 18.4. The molecule has 2 rings (SSSR count). The van der Waals surface area contributed by atoms with Gasteiger partial charge < -0.3 is 15.4 Å². The second kappa shape index (κ2) is 7.82. The SMILES string of the molecule is Cn1ccc(Cn2ncc(NCCNC(=O)OC(C)(C)C)cc2=O)n1. The Labute approximate surface area is 146 Å². The summed E-state index contributed by atoms with van der Waals surface area (Å²) in [6, 6.07) is 3.30. The van der Waals surface area contributed by atoms with Gasteiger partial charge in [-0.2, -0.15) is 10.2 Å². The molecule has 0 saturated heterocycles. The molecule has 2 aromatic rings. The Balaban J connectivity index is 1.81. The number of amides is 1. The fourth-order valence-electron chi connectivity index (χ4n) is 2.04. The zero-order valence-electron chi connectivity index (χ0n) is 14.9. The van der Waals surface area contributed by atoms with E-state index in [-0.39, 0.29) is 5.56 Å². The summed E-state index contributed by atoms with van der Waals surface area (Å²) < 4.78 is 8.15. The van der Waals surface area contributed by atoms with Crippen LogP contribution in [0.25, 0.3) is 0 Å². The summed E-state index contributed by atoms with van der Waals surface area (Å²) in [7, 11) is 1.82. The van der Waals surface area contributed by atoms with Crippen molar-refractivity contribution in [1.82, 2.24) is 24.9 Å². The van der Waals surface area contributed by atoms with Gasteiger partial charge in [0, 0.05) is 32.4 Å².